The maximum atomic E-state index is 12.4. The number of rotatable bonds is 8. The first-order valence-corrected chi connectivity index (χ1v) is 11.8. The summed E-state index contributed by atoms with van der Waals surface area (Å²) < 4.78 is 26.9. The van der Waals surface area contributed by atoms with Gasteiger partial charge in [-0.15, -0.1) is 0 Å². The SMILES string of the molecule is CC(C)NS(=O)(=O)c1c[nH]c(C(=O)NCC(C)N2CCN(c3ccccc3)CC2)c1. The maximum absolute atomic E-state index is 12.4. The van der Waals surface area contributed by atoms with Crippen LogP contribution in [0.4, 0.5) is 5.69 Å². The Labute approximate surface area is 178 Å². The van der Waals surface area contributed by atoms with Crippen molar-refractivity contribution in [3.63, 3.8) is 0 Å². The van der Waals surface area contributed by atoms with E-state index < -0.39 is 10.0 Å². The van der Waals surface area contributed by atoms with Gasteiger partial charge in [-0.05, 0) is 39.0 Å². The van der Waals surface area contributed by atoms with Gasteiger partial charge in [-0.1, -0.05) is 18.2 Å². The van der Waals surface area contributed by atoms with Crippen LogP contribution in [0.1, 0.15) is 31.3 Å². The fourth-order valence-electron chi connectivity index (χ4n) is 3.56. The van der Waals surface area contributed by atoms with E-state index in [2.05, 4.69) is 56.0 Å². The van der Waals surface area contributed by atoms with Gasteiger partial charge in [-0.25, -0.2) is 13.1 Å². The molecule has 1 saturated heterocycles. The van der Waals surface area contributed by atoms with Crippen LogP contribution in [-0.4, -0.2) is 69.0 Å². The molecule has 0 radical (unpaired) electrons. The van der Waals surface area contributed by atoms with E-state index in [0.29, 0.717) is 6.54 Å². The van der Waals surface area contributed by atoms with Crippen LogP contribution in [0.25, 0.3) is 0 Å². The Morgan fingerprint density at radius 2 is 1.77 bits per heavy atom. The van der Waals surface area contributed by atoms with Crippen LogP contribution in [0.3, 0.4) is 0 Å². The number of carbonyl (C=O) groups is 1. The highest BCUT2D eigenvalue weighted by Gasteiger charge is 2.23. The van der Waals surface area contributed by atoms with Crippen molar-refractivity contribution in [2.24, 2.45) is 0 Å². The van der Waals surface area contributed by atoms with Crippen LogP contribution < -0.4 is 14.9 Å². The quantitative estimate of drug-likeness (QED) is 0.588. The molecule has 1 amide bonds. The van der Waals surface area contributed by atoms with Gasteiger partial charge in [0.1, 0.15) is 10.6 Å². The summed E-state index contributed by atoms with van der Waals surface area (Å²) >= 11 is 0. The molecule has 164 valence electrons. The highest BCUT2D eigenvalue weighted by molar-refractivity contribution is 7.89. The number of H-pyrrole nitrogens is 1. The van der Waals surface area contributed by atoms with E-state index in [-0.39, 0.29) is 28.6 Å². The molecule has 3 rings (SSSR count). The number of anilines is 1. The zero-order valence-electron chi connectivity index (χ0n) is 17.8. The Kier molecular flexibility index (Phi) is 7.17. The number of nitrogens with zero attached hydrogens (tertiary/aromatic N) is 2. The second kappa shape index (κ2) is 9.63. The molecule has 9 heteroatoms. The Morgan fingerprint density at radius 3 is 2.40 bits per heavy atom. The van der Waals surface area contributed by atoms with Crippen LogP contribution >= 0.6 is 0 Å². The van der Waals surface area contributed by atoms with Crippen molar-refractivity contribution >= 4 is 21.6 Å². The topological polar surface area (TPSA) is 97.5 Å². The maximum Gasteiger partial charge on any atom is 0.267 e. The highest BCUT2D eigenvalue weighted by atomic mass is 32.2. The Hall–Kier alpha value is -2.36. The lowest BCUT2D eigenvalue weighted by molar-refractivity contribution is 0.0930. The van der Waals surface area contributed by atoms with Gasteiger partial charge >= 0.3 is 0 Å². The first kappa shape index (κ1) is 22.3. The van der Waals surface area contributed by atoms with Gasteiger partial charge in [0, 0.05) is 56.7 Å². The van der Waals surface area contributed by atoms with Crippen LogP contribution in [0.2, 0.25) is 0 Å². The Balaban J connectivity index is 1.48. The van der Waals surface area contributed by atoms with Crippen molar-refractivity contribution in [3.05, 3.63) is 48.3 Å². The zero-order chi connectivity index (χ0) is 21.7. The van der Waals surface area contributed by atoms with Gasteiger partial charge in [-0.2, -0.15) is 0 Å². The summed E-state index contributed by atoms with van der Waals surface area (Å²) in [5.41, 5.74) is 1.47. The number of aromatic nitrogens is 1. The first-order chi connectivity index (χ1) is 14.3. The van der Waals surface area contributed by atoms with E-state index in [1.165, 1.54) is 18.0 Å². The number of para-hydroxylation sites is 1. The molecule has 30 heavy (non-hydrogen) atoms. The second-order valence-electron chi connectivity index (χ2n) is 7.94. The molecule has 3 N–H and O–H groups in total. The fourth-order valence-corrected chi connectivity index (χ4v) is 4.81. The summed E-state index contributed by atoms with van der Waals surface area (Å²) in [4.78, 5) is 20.0. The Morgan fingerprint density at radius 1 is 1.10 bits per heavy atom. The van der Waals surface area contributed by atoms with Crippen LogP contribution in [0.5, 0.6) is 0 Å². The zero-order valence-corrected chi connectivity index (χ0v) is 18.6. The number of piperazine rings is 1. The predicted octanol–water partition coefficient (Wildman–Crippen LogP) is 1.64. The monoisotopic (exact) mass is 433 g/mol. The number of sulfonamides is 1. The molecule has 0 spiro atoms. The van der Waals surface area contributed by atoms with Gasteiger partial charge in [0.15, 0.2) is 0 Å². The predicted molar refractivity (Wildman–Crippen MR) is 118 cm³/mol. The minimum Gasteiger partial charge on any atom is -0.369 e. The van der Waals surface area contributed by atoms with Crippen LogP contribution in [-0.2, 0) is 10.0 Å². The molecule has 0 saturated carbocycles. The summed E-state index contributed by atoms with van der Waals surface area (Å²) in [5, 5.41) is 2.90. The summed E-state index contributed by atoms with van der Waals surface area (Å²) in [6.07, 6.45) is 1.34. The van der Waals surface area contributed by atoms with Crippen LogP contribution in [0.15, 0.2) is 47.5 Å². The lowest BCUT2D eigenvalue weighted by Gasteiger charge is -2.39. The van der Waals surface area contributed by atoms with Gasteiger partial charge in [-0.3, -0.25) is 9.69 Å². The average molecular weight is 434 g/mol. The molecule has 1 aliphatic heterocycles. The fraction of sp³-hybridized carbons (Fsp3) is 0.476. The summed E-state index contributed by atoms with van der Waals surface area (Å²) in [7, 11) is -3.62. The van der Waals surface area contributed by atoms with Crippen molar-refractivity contribution < 1.29 is 13.2 Å². The number of aromatic amines is 1. The lowest BCUT2D eigenvalue weighted by atomic mass is 10.2. The first-order valence-electron chi connectivity index (χ1n) is 10.3. The number of amides is 1. The molecule has 0 bridgehead atoms. The highest BCUT2D eigenvalue weighted by Crippen LogP contribution is 2.16. The number of carbonyl (C=O) groups excluding carboxylic acids is 1. The molecule has 8 nitrogen and oxygen atoms in total. The molecule has 1 atom stereocenters. The number of hydrogen-bond acceptors (Lipinski definition) is 5. The summed E-state index contributed by atoms with van der Waals surface area (Å²) in [5.74, 6) is -0.309. The van der Waals surface area contributed by atoms with Gasteiger partial charge in [0.25, 0.3) is 5.91 Å². The van der Waals surface area contributed by atoms with Gasteiger partial charge < -0.3 is 15.2 Å². The molecule has 0 aliphatic carbocycles. The van der Waals surface area contributed by atoms with Crippen molar-refractivity contribution in [3.8, 4) is 0 Å². The number of hydrogen-bond donors (Lipinski definition) is 3. The molecule has 1 aromatic heterocycles. The summed E-state index contributed by atoms with van der Waals surface area (Å²) in [6.45, 7) is 9.84. The molecule has 1 aliphatic rings. The molecule has 1 fully saturated rings. The smallest absolute Gasteiger partial charge is 0.267 e. The molecular formula is C21H31N5O3S. The lowest BCUT2D eigenvalue weighted by Crippen LogP contribution is -2.52. The van der Waals surface area contributed by atoms with E-state index in [4.69, 9.17) is 0 Å². The van der Waals surface area contributed by atoms with E-state index in [1.54, 1.807) is 13.8 Å². The third-order valence-corrected chi connectivity index (χ3v) is 6.86. The van der Waals surface area contributed by atoms with E-state index >= 15 is 0 Å². The minimum atomic E-state index is -3.62. The third-order valence-electron chi connectivity index (χ3n) is 5.22. The molecule has 1 aromatic carbocycles. The van der Waals surface area contributed by atoms with Crippen molar-refractivity contribution in [2.45, 2.75) is 37.8 Å². The number of benzene rings is 1. The van der Waals surface area contributed by atoms with Crippen molar-refractivity contribution in [2.75, 3.05) is 37.6 Å². The van der Waals surface area contributed by atoms with E-state index in [0.717, 1.165) is 26.2 Å². The van der Waals surface area contributed by atoms with Gasteiger partial charge in [0.2, 0.25) is 10.0 Å². The number of nitrogens with one attached hydrogen (secondary N) is 3. The normalized spacial score (nSPS) is 16.6. The van der Waals surface area contributed by atoms with Crippen molar-refractivity contribution in [1.82, 2.24) is 19.9 Å². The van der Waals surface area contributed by atoms with E-state index in [9.17, 15) is 13.2 Å². The second-order valence-corrected chi connectivity index (χ2v) is 9.66. The largest absolute Gasteiger partial charge is 0.369 e. The molecule has 2 aromatic rings. The van der Waals surface area contributed by atoms with Gasteiger partial charge in [0.05, 0.1) is 0 Å². The molecular weight excluding hydrogens is 402 g/mol. The van der Waals surface area contributed by atoms with Crippen molar-refractivity contribution in [1.29, 1.82) is 0 Å². The minimum absolute atomic E-state index is 0.0615. The average Bonchev–Trinajstić information content (AvgIpc) is 3.23. The molecule has 2 heterocycles. The third kappa shape index (κ3) is 5.62. The summed E-state index contributed by atoms with van der Waals surface area (Å²) in [6, 6.07) is 11.7. The van der Waals surface area contributed by atoms with Crippen LogP contribution in [0, 0.1) is 0 Å². The Bertz CT molecular complexity index is 935. The van der Waals surface area contributed by atoms with E-state index in [1.807, 2.05) is 6.07 Å². The standard InChI is InChI=1S/C21H31N5O3S/c1-16(2)24-30(28,29)19-13-20(22-15-19)21(27)23-14-17(3)25-9-11-26(12-10-25)18-7-5-4-6-8-18/h4-8,13,15-17,22,24H,9-12,14H2,1-3H3,(H,23,27). The molecule has 1 unspecified atom stereocenters.